The van der Waals surface area contributed by atoms with Gasteiger partial charge in [-0.1, -0.05) is 11.8 Å². The summed E-state index contributed by atoms with van der Waals surface area (Å²) >= 11 is 0. The summed E-state index contributed by atoms with van der Waals surface area (Å²) in [5, 5.41) is 8.19. The summed E-state index contributed by atoms with van der Waals surface area (Å²) in [6.07, 6.45) is -4.25. The molecule has 0 radical (unpaired) electrons. The molecule has 0 spiro atoms. The van der Waals surface area contributed by atoms with Crippen LogP contribution in [0.4, 0.5) is 13.2 Å². The zero-order valence-corrected chi connectivity index (χ0v) is 7.60. The molecular formula is C11H6F3N. The first-order valence-electron chi connectivity index (χ1n) is 4.07. The van der Waals surface area contributed by atoms with E-state index in [1.807, 2.05) is 6.07 Å². The highest BCUT2D eigenvalue weighted by molar-refractivity contribution is 5.37. The number of nitriles is 1. The molecule has 0 saturated heterocycles. The van der Waals surface area contributed by atoms with Crippen molar-refractivity contribution in [1.82, 2.24) is 0 Å². The van der Waals surface area contributed by atoms with Crippen LogP contribution < -0.4 is 0 Å². The highest BCUT2D eigenvalue weighted by Crippen LogP contribution is 2.28. The number of rotatable bonds is 0. The van der Waals surface area contributed by atoms with Crippen molar-refractivity contribution in [1.29, 1.82) is 5.26 Å². The van der Waals surface area contributed by atoms with Crippen LogP contribution in [0.1, 0.15) is 17.5 Å². The summed E-state index contributed by atoms with van der Waals surface area (Å²) in [4.78, 5) is 0. The lowest BCUT2D eigenvalue weighted by atomic mass is 10.1. The molecule has 0 aliphatic rings. The minimum absolute atomic E-state index is 0.0705. The standard InChI is InChI=1S/C11H6F3N/c12-11(13,14)10-6-4-9(5-7-10)3-1-2-8-15/h4-7H,2H2. The molecule has 76 valence electrons. The first kappa shape index (κ1) is 11.1. The summed E-state index contributed by atoms with van der Waals surface area (Å²) in [6, 6.07) is 6.33. The number of hydrogen-bond acceptors (Lipinski definition) is 1. The van der Waals surface area contributed by atoms with Crippen molar-refractivity contribution in [2.24, 2.45) is 0 Å². The van der Waals surface area contributed by atoms with Gasteiger partial charge in [0.15, 0.2) is 0 Å². The van der Waals surface area contributed by atoms with Crippen LogP contribution in [0, 0.1) is 23.2 Å². The lowest BCUT2D eigenvalue weighted by molar-refractivity contribution is -0.137. The van der Waals surface area contributed by atoms with Gasteiger partial charge in [-0.3, -0.25) is 0 Å². The second-order valence-corrected chi connectivity index (χ2v) is 2.71. The fourth-order valence-corrected chi connectivity index (χ4v) is 0.928. The van der Waals surface area contributed by atoms with Crippen LogP contribution in [0.15, 0.2) is 24.3 Å². The van der Waals surface area contributed by atoms with Crippen molar-refractivity contribution in [3.8, 4) is 17.9 Å². The average molecular weight is 209 g/mol. The maximum absolute atomic E-state index is 12.1. The fraction of sp³-hybridized carbons (Fsp3) is 0.182. The maximum Gasteiger partial charge on any atom is 0.416 e. The van der Waals surface area contributed by atoms with Gasteiger partial charge < -0.3 is 0 Å². The van der Waals surface area contributed by atoms with E-state index in [4.69, 9.17) is 5.26 Å². The first-order chi connectivity index (χ1) is 7.04. The summed E-state index contributed by atoms with van der Waals surface area (Å²) in [5.74, 6) is 5.10. The van der Waals surface area contributed by atoms with Crippen molar-refractivity contribution in [3.63, 3.8) is 0 Å². The quantitative estimate of drug-likeness (QED) is 0.602. The van der Waals surface area contributed by atoms with E-state index >= 15 is 0 Å². The third-order valence-corrected chi connectivity index (χ3v) is 1.61. The van der Waals surface area contributed by atoms with Crippen LogP contribution in [0.2, 0.25) is 0 Å². The SMILES string of the molecule is N#CCC#Cc1ccc(C(F)(F)F)cc1. The molecule has 0 atom stereocenters. The maximum atomic E-state index is 12.1. The number of benzene rings is 1. The van der Waals surface area contributed by atoms with Gasteiger partial charge in [-0.05, 0) is 24.3 Å². The Balaban J connectivity index is 2.84. The molecule has 0 aliphatic heterocycles. The summed E-state index contributed by atoms with van der Waals surface area (Å²) in [5.41, 5.74) is -0.230. The minimum Gasteiger partial charge on any atom is -0.197 e. The van der Waals surface area contributed by atoms with Gasteiger partial charge in [0.2, 0.25) is 0 Å². The summed E-state index contributed by atoms with van der Waals surface area (Å²) < 4.78 is 36.4. The highest BCUT2D eigenvalue weighted by Gasteiger charge is 2.29. The Kier molecular flexibility index (Phi) is 3.36. The molecule has 0 heterocycles. The van der Waals surface area contributed by atoms with Gasteiger partial charge in [0, 0.05) is 5.56 Å². The molecule has 0 unspecified atom stereocenters. The van der Waals surface area contributed by atoms with E-state index in [1.165, 1.54) is 12.1 Å². The summed E-state index contributed by atoms with van der Waals surface area (Å²) in [6.45, 7) is 0. The molecule has 1 nitrogen and oxygen atoms in total. The molecule has 0 fully saturated rings. The molecule has 0 N–H and O–H groups in total. The zero-order valence-electron chi connectivity index (χ0n) is 7.60. The highest BCUT2D eigenvalue weighted by atomic mass is 19.4. The molecule has 0 aliphatic carbocycles. The smallest absolute Gasteiger partial charge is 0.197 e. The van der Waals surface area contributed by atoms with Gasteiger partial charge in [0.1, 0.15) is 0 Å². The largest absolute Gasteiger partial charge is 0.416 e. The van der Waals surface area contributed by atoms with Crippen molar-refractivity contribution >= 4 is 0 Å². The summed E-state index contributed by atoms with van der Waals surface area (Å²) in [7, 11) is 0. The third kappa shape index (κ3) is 3.36. The van der Waals surface area contributed by atoms with Crippen LogP contribution in [0.5, 0.6) is 0 Å². The van der Waals surface area contributed by atoms with Crippen LogP contribution in [-0.4, -0.2) is 0 Å². The van der Waals surface area contributed by atoms with Crippen LogP contribution in [0.25, 0.3) is 0 Å². The average Bonchev–Trinajstić information content (AvgIpc) is 2.18. The Hall–Kier alpha value is -1.94. The number of halogens is 3. The van der Waals surface area contributed by atoms with Crippen molar-refractivity contribution in [2.45, 2.75) is 12.6 Å². The Morgan fingerprint density at radius 1 is 1.13 bits per heavy atom. The third-order valence-electron chi connectivity index (χ3n) is 1.61. The first-order valence-corrected chi connectivity index (χ1v) is 4.07. The predicted octanol–water partition coefficient (Wildman–Crippen LogP) is 2.97. The zero-order chi connectivity index (χ0) is 11.3. The van der Waals surface area contributed by atoms with Gasteiger partial charge in [-0.2, -0.15) is 18.4 Å². The Bertz CT molecular complexity index is 426. The lowest BCUT2D eigenvalue weighted by Crippen LogP contribution is -2.04. The molecule has 0 amide bonds. The van der Waals surface area contributed by atoms with E-state index < -0.39 is 11.7 Å². The van der Waals surface area contributed by atoms with Gasteiger partial charge in [0.25, 0.3) is 0 Å². The van der Waals surface area contributed by atoms with Crippen molar-refractivity contribution < 1.29 is 13.2 Å². The Labute approximate surface area is 85.1 Å². The number of hydrogen-bond donors (Lipinski definition) is 0. The van der Waals surface area contributed by atoms with E-state index in [0.717, 1.165) is 12.1 Å². The molecule has 15 heavy (non-hydrogen) atoms. The van der Waals surface area contributed by atoms with Crippen molar-refractivity contribution in [2.75, 3.05) is 0 Å². The minimum atomic E-state index is -4.32. The molecular weight excluding hydrogens is 203 g/mol. The Morgan fingerprint density at radius 3 is 2.20 bits per heavy atom. The van der Waals surface area contributed by atoms with Gasteiger partial charge in [0.05, 0.1) is 18.1 Å². The molecule has 1 rings (SSSR count). The Morgan fingerprint density at radius 2 is 1.73 bits per heavy atom. The lowest BCUT2D eigenvalue weighted by Gasteiger charge is -2.05. The molecule has 1 aromatic carbocycles. The van der Waals surface area contributed by atoms with Gasteiger partial charge in [-0.15, -0.1) is 0 Å². The van der Waals surface area contributed by atoms with Crippen LogP contribution in [0.3, 0.4) is 0 Å². The van der Waals surface area contributed by atoms with E-state index in [9.17, 15) is 13.2 Å². The van der Waals surface area contributed by atoms with Gasteiger partial charge >= 0.3 is 6.18 Å². The molecule has 0 bridgehead atoms. The van der Waals surface area contributed by atoms with E-state index in [-0.39, 0.29) is 6.42 Å². The van der Waals surface area contributed by atoms with E-state index in [2.05, 4.69) is 11.8 Å². The molecule has 1 aromatic rings. The topological polar surface area (TPSA) is 23.8 Å². The van der Waals surface area contributed by atoms with E-state index in [0.29, 0.717) is 5.56 Å². The van der Waals surface area contributed by atoms with Crippen molar-refractivity contribution in [3.05, 3.63) is 35.4 Å². The normalized spacial score (nSPS) is 10.0. The number of nitrogens with zero attached hydrogens (tertiary/aromatic N) is 1. The second-order valence-electron chi connectivity index (χ2n) is 2.71. The number of alkyl halides is 3. The molecule has 0 aromatic heterocycles. The van der Waals surface area contributed by atoms with E-state index in [1.54, 1.807) is 0 Å². The fourth-order valence-electron chi connectivity index (χ4n) is 0.928. The monoisotopic (exact) mass is 209 g/mol. The molecule has 0 saturated carbocycles. The van der Waals surface area contributed by atoms with Crippen LogP contribution in [-0.2, 0) is 6.18 Å². The second kappa shape index (κ2) is 4.52. The van der Waals surface area contributed by atoms with Gasteiger partial charge in [-0.25, -0.2) is 0 Å². The van der Waals surface area contributed by atoms with Crippen LogP contribution >= 0.6 is 0 Å². The predicted molar refractivity (Wildman–Crippen MR) is 48.6 cm³/mol. The molecule has 4 heteroatoms.